The number of anilines is 1. The molecule has 0 saturated carbocycles. The second kappa shape index (κ2) is 6.00. The number of nitrogens with one attached hydrogen (secondary N) is 1. The predicted octanol–water partition coefficient (Wildman–Crippen LogP) is 2.91. The lowest BCUT2D eigenvalue weighted by Gasteiger charge is -2.05. The molecule has 0 saturated heterocycles. The van der Waals surface area contributed by atoms with E-state index in [1.54, 1.807) is 40.0 Å². The van der Waals surface area contributed by atoms with Crippen LogP contribution in [0, 0.1) is 20.8 Å². The summed E-state index contributed by atoms with van der Waals surface area (Å²) in [4.78, 5) is 14.7. The fraction of sp³-hybridized carbons (Fsp3) is 0.312. The van der Waals surface area contributed by atoms with Crippen molar-refractivity contribution in [2.24, 2.45) is 7.05 Å². The SMILES string of the molecule is Cc1cc(-c2nn(CC(=O)Nc3ccnn3C)cc2C)c(C)s1. The Balaban J connectivity index is 1.77. The van der Waals surface area contributed by atoms with E-state index < -0.39 is 0 Å². The van der Waals surface area contributed by atoms with Gasteiger partial charge in [0.25, 0.3) is 0 Å². The van der Waals surface area contributed by atoms with Crippen molar-refractivity contribution in [1.29, 1.82) is 0 Å². The highest BCUT2D eigenvalue weighted by Gasteiger charge is 2.14. The Labute approximate surface area is 138 Å². The lowest BCUT2D eigenvalue weighted by molar-refractivity contribution is -0.116. The maximum Gasteiger partial charge on any atom is 0.247 e. The molecule has 6 nitrogen and oxygen atoms in total. The van der Waals surface area contributed by atoms with E-state index in [2.05, 4.69) is 35.4 Å². The van der Waals surface area contributed by atoms with E-state index >= 15 is 0 Å². The maximum absolute atomic E-state index is 12.1. The molecule has 7 heteroatoms. The van der Waals surface area contributed by atoms with Crippen molar-refractivity contribution in [2.45, 2.75) is 27.3 Å². The van der Waals surface area contributed by atoms with E-state index in [0.717, 1.165) is 16.8 Å². The van der Waals surface area contributed by atoms with Gasteiger partial charge in [0.15, 0.2) is 0 Å². The van der Waals surface area contributed by atoms with Crippen LogP contribution < -0.4 is 5.32 Å². The third kappa shape index (κ3) is 3.19. The molecule has 0 aliphatic rings. The Morgan fingerprint density at radius 2 is 2.13 bits per heavy atom. The molecule has 0 atom stereocenters. The van der Waals surface area contributed by atoms with Gasteiger partial charge in [-0.1, -0.05) is 0 Å². The van der Waals surface area contributed by atoms with Gasteiger partial charge in [-0.25, -0.2) is 0 Å². The van der Waals surface area contributed by atoms with E-state index in [0.29, 0.717) is 5.82 Å². The molecule has 1 N–H and O–H groups in total. The lowest BCUT2D eigenvalue weighted by atomic mass is 10.1. The molecular weight excluding hydrogens is 310 g/mol. The minimum atomic E-state index is -0.124. The summed E-state index contributed by atoms with van der Waals surface area (Å²) in [6.45, 7) is 6.38. The highest BCUT2D eigenvalue weighted by Crippen LogP contribution is 2.31. The number of amides is 1. The summed E-state index contributed by atoms with van der Waals surface area (Å²) >= 11 is 1.76. The zero-order valence-corrected chi connectivity index (χ0v) is 14.4. The van der Waals surface area contributed by atoms with E-state index in [1.165, 1.54) is 9.75 Å². The van der Waals surface area contributed by atoms with E-state index in [4.69, 9.17) is 0 Å². The molecule has 1 amide bonds. The first-order valence-electron chi connectivity index (χ1n) is 7.33. The van der Waals surface area contributed by atoms with Gasteiger partial charge >= 0.3 is 0 Å². The fourth-order valence-corrected chi connectivity index (χ4v) is 3.49. The molecular formula is C16H19N5OS. The number of carbonyl (C=O) groups excluding carboxylic acids is 1. The first kappa shape index (κ1) is 15.5. The van der Waals surface area contributed by atoms with Gasteiger partial charge in [-0.3, -0.25) is 14.2 Å². The summed E-state index contributed by atoms with van der Waals surface area (Å²) in [5, 5.41) is 11.4. The van der Waals surface area contributed by atoms with Gasteiger partial charge < -0.3 is 5.32 Å². The third-order valence-corrected chi connectivity index (χ3v) is 4.60. The first-order valence-corrected chi connectivity index (χ1v) is 8.15. The van der Waals surface area contributed by atoms with Gasteiger partial charge in [-0.15, -0.1) is 11.3 Å². The van der Waals surface area contributed by atoms with Crippen LogP contribution in [0.2, 0.25) is 0 Å². The Bertz CT molecular complexity index is 858. The normalized spacial score (nSPS) is 11.0. The van der Waals surface area contributed by atoms with Crippen molar-refractivity contribution in [3.8, 4) is 11.3 Å². The molecule has 0 bridgehead atoms. The molecule has 3 aromatic heterocycles. The Kier molecular flexibility index (Phi) is 4.04. The van der Waals surface area contributed by atoms with Crippen LogP contribution in [-0.2, 0) is 18.4 Å². The number of rotatable bonds is 4. The van der Waals surface area contributed by atoms with Gasteiger partial charge in [0.05, 0.1) is 11.9 Å². The van der Waals surface area contributed by atoms with Crippen LogP contribution in [0.3, 0.4) is 0 Å². The molecule has 0 aliphatic heterocycles. The Morgan fingerprint density at radius 3 is 2.74 bits per heavy atom. The molecule has 3 heterocycles. The van der Waals surface area contributed by atoms with Crippen LogP contribution in [0.5, 0.6) is 0 Å². The molecule has 0 spiro atoms. The summed E-state index contributed by atoms with van der Waals surface area (Å²) in [7, 11) is 1.79. The molecule has 0 aromatic carbocycles. The summed E-state index contributed by atoms with van der Waals surface area (Å²) in [5.74, 6) is 0.546. The second-order valence-electron chi connectivity index (χ2n) is 5.57. The van der Waals surface area contributed by atoms with Crippen LogP contribution >= 0.6 is 11.3 Å². The quantitative estimate of drug-likeness (QED) is 0.800. The molecule has 23 heavy (non-hydrogen) atoms. The predicted molar refractivity (Wildman–Crippen MR) is 91.6 cm³/mol. The smallest absolute Gasteiger partial charge is 0.247 e. The Hall–Kier alpha value is -2.41. The zero-order valence-electron chi connectivity index (χ0n) is 13.6. The summed E-state index contributed by atoms with van der Waals surface area (Å²) in [6, 6.07) is 3.91. The van der Waals surface area contributed by atoms with Gasteiger partial charge in [0.1, 0.15) is 12.4 Å². The van der Waals surface area contributed by atoms with Crippen molar-refractivity contribution in [3.63, 3.8) is 0 Å². The number of hydrogen-bond donors (Lipinski definition) is 1. The number of hydrogen-bond acceptors (Lipinski definition) is 4. The highest BCUT2D eigenvalue weighted by atomic mass is 32.1. The summed E-state index contributed by atoms with van der Waals surface area (Å²) < 4.78 is 3.30. The number of nitrogens with zero attached hydrogens (tertiary/aromatic N) is 4. The fourth-order valence-electron chi connectivity index (χ4n) is 2.56. The number of aromatic nitrogens is 4. The summed E-state index contributed by atoms with van der Waals surface area (Å²) in [5.41, 5.74) is 3.16. The molecule has 0 aliphatic carbocycles. The van der Waals surface area contributed by atoms with Gasteiger partial charge in [-0.05, 0) is 32.4 Å². The van der Waals surface area contributed by atoms with E-state index in [1.807, 2.05) is 13.1 Å². The summed E-state index contributed by atoms with van der Waals surface area (Å²) in [6.07, 6.45) is 3.55. The molecule has 3 rings (SSSR count). The lowest BCUT2D eigenvalue weighted by Crippen LogP contribution is -2.20. The number of carbonyl (C=O) groups is 1. The van der Waals surface area contributed by atoms with Crippen LogP contribution in [0.15, 0.2) is 24.5 Å². The van der Waals surface area contributed by atoms with Gasteiger partial charge in [0, 0.05) is 34.6 Å². The van der Waals surface area contributed by atoms with Gasteiger partial charge in [0.2, 0.25) is 5.91 Å². The molecule has 0 radical (unpaired) electrons. The zero-order chi connectivity index (χ0) is 16.6. The minimum absolute atomic E-state index is 0.124. The van der Waals surface area contributed by atoms with Crippen LogP contribution in [0.25, 0.3) is 11.3 Å². The van der Waals surface area contributed by atoms with Crippen LogP contribution in [0.1, 0.15) is 15.3 Å². The highest BCUT2D eigenvalue weighted by molar-refractivity contribution is 7.12. The topological polar surface area (TPSA) is 64.7 Å². The van der Waals surface area contributed by atoms with Crippen LogP contribution in [-0.4, -0.2) is 25.5 Å². The first-order chi connectivity index (χ1) is 10.9. The van der Waals surface area contributed by atoms with Gasteiger partial charge in [-0.2, -0.15) is 10.2 Å². The average molecular weight is 329 g/mol. The number of thiophene rings is 1. The monoisotopic (exact) mass is 329 g/mol. The van der Waals surface area contributed by atoms with Crippen molar-refractivity contribution >= 4 is 23.1 Å². The molecule has 0 fully saturated rings. The minimum Gasteiger partial charge on any atom is -0.309 e. The van der Waals surface area contributed by atoms with E-state index in [-0.39, 0.29) is 12.5 Å². The molecule has 3 aromatic rings. The molecule has 0 unspecified atom stereocenters. The standard InChI is InChI=1S/C16H19N5OS/c1-10-8-21(9-15(22)18-14-5-6-17-20(14)4)19-16(10)13-7-11(2)23-12(13)3/h5-8H,9H2,1-4H3,(H,18,22). The van der Waals surface area contributed by atoms with Crippen molar-refractivity contribution in [3.05, 3.63) is 39.8 Å². The maximum atomic E-state index is 12.1. The van der Waals surface area contributed by atoms with E-state index in [9.17, 15) is 4.79 Å². The molecule has 120 valence electrons. The van der Waals surface area contributed by atoms with Crippen LogP contribution in [0.4, 0.5) is 5.82 Å². The average Bonchev–Trinajstić information content (AvgIpc) is 3.11. The Morgan fingerprint density at radius 1 is 1.35 bits per heavy atom. The number of aryl methyl sites for hydroxylation is 4. The largest absolute Gasteiger partial charge is 0.309 e. The van der Waals surface area contributed by atoms with Crippen molar-refractivity contribution in [1.82, 2.24) is 19.6 Å². The third-order valence-electron chi connectivity index (χ3n) is 3.63. The second-order valence-corrected chi connectivity index (χ2v) is 7.03. The van der Waals surface area contributed by atoms with Crippen molar-refractivity contribution < 1.29 is 4.79 Å². The van der Waals surface area contributed by atoms with Crippen molar-refractivity contribution in [2.75, 3.05) is 5.32 Å².